The zero-order valence-corrected chi connectivity index (χ0v) is 15.3. The van der Waals surface area contributed by atoms with E-state index in [0.717, 1.165) is 0 Å². The summed E-state index contributed by atoms with van der Waals surface area (Å²) in [5, 5.41) is 0.895. The molecule has 0 bridgehead atoms. The second-order valence-electron chi connectivity index (χ2n) is 5.05. The lowest BCUT2D eigenvalue weighted by molar-refractivity contribution is -0.134. The number of carbonyl (C=O) groups is 2. The number of ether oxygens (including phenoxy) is 2. The second-order valence-corrected chi connectivity index (χ2v) is 6.27. The highest BCUT2D eigenvalue weighted by molar-refractivity contribution is 6.43. The maximum Gasteiger partial charge on any atom is 0.409 e. The zero-order valence-electron chi connectivity index (χ0n) is 13.1. The summed E-state index contributed by atoms with van der Waals surface area (Å²) in [6.07, 6.45) is -0.358. The van der Waals surface area contributed by atoms with E-state index in [4.69, 9.17) is 44.3 Å². The molecule has 1 heterocycles. The summed E-state index contributed by atoms with van der Waals surface area (Å²) < 4.78 is 10.4. The van der Waals surface area contributed by atoms with Crippen molar-refractivity contribution in [1.29, 1.82) is 0 Å². The summed E-state index contributed by atoms with van der Waals surface area (Å²) in [6.45, 7) is 3.62. The molecule has 1 aromatic carbocycles. The Labute approximate surface area is 155 Å². The molecule has 1 fully saturated rings. The van der Waals surface area contributed by atoms with Crippen LogP contribution in [0.2, 0.25) is 15.1 Å². The van der Waals surface area contributed by atoms with Gasteiger partial charge in [-0.05, 0) is 13.0 Å². The quantitative estimate of drug-likeness (QED) is 0.734. The number of carbonyl (C=O) groups excluding carboxylic acids is 2. The average molecular weight is 396 g/mol. The summed E-state index contributed by atoms with van der Waals surface area (Å²) in [6, 6.07) is 2.93. The van der Waals surface area contributed by atoms with Gasteiger partial charge in [-0.2, -0.15) is 0 Å². The van der Waals surface area contributed by atoms with Crippen LogP contribution in [0.25, 0.3) is 0 Å². The Balaban J connectivity index is 1.84. The number of halogens is 3. The Morgan fingerprint density at radius 1 is 1.00 bits per heavy atom. The van der Waals surface area contributed by atoms with Gasteiger partial charge in [0.2, 0.25) is 0 Å². The SMILES string of the molecule is CCOC(=O)N1CCN(C(=O)COc2cc(Cl)c(Cl)cc2Cl)CC1. The molecule has 1 aromatic rings. The lowest BCUT2D eigenvalue weighted by Crippen LogP contribution is -2.51. The number of piperazine rings is 1. The minimum Gasteiger partial charge on any atom is -0.482 e. The van der Waals surface area contributed by atoms with Crippen molar-refractivity contribution in [2.75, 3.05) is 39.4 Å². The van der Waals surface area contributed by atoms with Crippen molar-refractivity contribution in [3.05, 3.63) is 27.2 Å². The second kappa shape index (κ2) is 8.65. The smallest absolute Gasteiger partial charge is 0.409 e. The largest absolute Gasteiger partial charge is 0.482 e. The van der Waals surface area contributed by atoms with Crippen molar-refractivity contribution in [3.8, 4) is 5.75 Å². The van der Waals surface area contributed by atoms with Gasteiger partial charge >= 0.3 is 6.09 Å². The van der Waals surface area contributed by atoms with Crippen LogP contribution in [0.3, 0.4) is 0 Å². The third-order valence-electron chi connectivity index (χ3n) is 3.48. The molecule has 2 rings (SSSR count). The summed E-state index contributed by atoms with van der Waals surface area (Å²) in [5.41, 5.74) is 0. The topological polar surface area (TPSA) is 59.1 Å². The van der Waals surface area contributed by atoms with Crippen LogP contribution in [0.15, 0.2) is 12.1 Å². The van der Waals surface area contributed by atoms with Gasteiger partial charge in [-0.25, -0.2) is 4.79 Å². The minimum absolute atomic E-state index is 0.170. The van der Waals surface area contributed by atoms with Gasteiger partial charge in [0.1, 0.15) is 5.75 Å². The van der Waals surface area contributed by atoms with Crippen LogP contribution in [-0.2, 0) is 9.53 Å². The molecule has 0 unspecified atom stereocenters. The van der Waals surface area contributed by atoms with Crippen molar-refractivity contribution in [3.63, 3.8) is 0 Å². The fraction of sp³-hybridized carbons (Fsp3) is 0.467. The molecule has 0 spiro atoms. The van der Waals surface area contributed by atoms with Crippen molar-refractivity contribution in [2.24, 2.45) is 0 Å². The maximum atomic E-state index is 12.2. The van der Waals surface area contributed by atoms with Crippen molar-refractivity contribution in [1.82, 2.24) is 9.80 Å². The first kappa shape index (κ1) is 19.0. The van der Waals surface area contributed by atoms with E-state index >= 15 is 0 Å². The summed E-state index contributed by atoms with van der Waals surface area (Å²) in [4.78, 5) is 27.0. The zero-order chi connectivity index (χ0) is 17.7. The van der Waals surface area contributed by atoms with E-state index in [1.54, 1.807) is 16.7 Å². The molecule has 1 aliphatic heterocycles. The molecule has 9 heteroatoms. The summed E-state index contributed by atoms with van der Waals surface area (Å²) in [7, 11) is 0. The van der Waals surface area contributed by atoms with Gasteiger partial charge in [0.15, 0.2) is 6.61 Å². The summed E-state index contributed by atoms with van der Waals surface area (Å²) >= 11 is 17.8. The van der Waals surface area contributed by atoms with Crippen molar-refractivity contribution >= 4 is 46.8 Å². The first-order valence-corrected chi connectivity index (χ1v) is 8.52. The van der Waals surface area contributed by atoms with E-state index in [9.17, 15) is 9.59 Å². The molecule has 1 saturated heterocycles. The van der Waals surface area contributed by atoms with Crippen LogP contribution < -0.4 is 4.74 Å². The number of amides is 2. The van der Waals surface area contributed by atoms with Crippen LogP contribution in [0, 0.1) is 0 Å². The first-order valence-electron chi connectivity index (χ1n) is 7.39. The van der Waals surface area contributed by atoms with Crippen molar-refractivity contribution < 1.29 is 19.1 Å². The minimum atomic E-state index is -0.358. The van der Waals surface area contributed by atoms with Gasteiger partial charge in [-0.15, -0.1) is 0 Å². The highest BCUT2D eigenvalue weighted by Gasteiger charge is 2.25. The van der Waals surface area contributed by atoms with E-state index in [1.165, 1.54) is 12.1 Å². The third-order valence-corrected chi connectivity index (χ3v) is 4.50. The van der Waals surface area contributed by atoms with Gasteiger partial charge < -0.3 is 19.3 Å². The molecule has 0 aliphatic carbocycles. The first-order chi connectivity index (χ1) is 11.4. The molecule has 0 radical (unpaired) electrons. The average Bonchev–Trinajstić information content (AvgIpc) is 2.57. The highest BCUT2D eigenvalue weighted by Crippen LogP contribution is 2.33. The molecular weight excluding hydrogens is 379 g/mol. The molecular formula is C15H17Cl3N2O4. The molecule has 24 heavy (non-hydrogen) atoms. The highest BCUT2D eigenvalue weighted by atomic mass is 35.5. The molecule has 6 nitrogen and oxygen atoms in total. The normalized spacial score (nSPS) is 14.5. The fourth-order valence-electron chi connectivity index (χ4n) is 2.20. The van der Waals surface area contributed by atoms with E-state index in [2.05, 4.69) is 0 Å². The van der Waals surface area contributed by atoms with Crippen LogP contribution in [0.4, 0.5) is 4.79 Å². The lowest BCUT2D eigenvalue weighted by Gasteiger charge is -2.34. The predicted octanol–water partition coefficient (Wildman–Crippen LogP) is 3.33. The molecule has 1 aliphatic rings. The molecule has 0 aromatic heterocycles. The Morgan fingerprint density at radius 2 is 1.58 bits per heavy atom. The van der Waals surface area contributed by atoms with Gasteiger partial charge in [-0.3, -0.25) is 4.79 Å². The van der Waals surface area contributed by atoms with E-state index in [0.29, 0.717) is 48.6 Å². The molecule has 0 atom stereocenters. The number of benzene rings is 1. The third kappa shape index (κ3) is 4.82. The molecule has 0 N–H and O–H groups in total. The van der Waals surface area contributed by atoms with E-state index in [-0.39, 0.29) is 23.6 Å². The van der Waals surface area contributed by atoms with Gasteiger partial charge in [0, 0.05) is 32.2 Å². The number of rotatable bonds is 4. The van der Waals surface area contributed by atoms with Crippen molar-refractivity contribution in [2.45, 2.75) is 6.92 Å². The predicted molar refractivity (Wildman–Crippen MR) is 92.1 cm³/mol. The Morgan fingerprint density at radius 3 is 2.21 bits per heavy atom. The van der Waals surface area contributed by atoms with Crippen LogP contribution in [0.5, 0.6) is 5.75 Å². The Kier molecular flexibility index (Phi) is 6.83. The molecule has 0 saturated carbocycles. The van der Waals surface area contributed by atoms with Crippen LogP contribution in [-0.4, -0.2) is 61.2 Å². The van der Waals surface area contributed by atoms with Crippen LogP contribution in [0.1, 0.15) is 6.92 Å². The number of hydrogen-bond acceptors (Lipinski definition) is 4. The Bertz CT molecular complexity index is 619. The monoisotopic (exact) mass is 394 g/mol. The Hall–Kier alpha value is -1.37. The summed E-state index contributed by atoms with van der Waals surface area (Å²) in [5.74, 6) is 0.102. The van der Waals surface area contributed by atoms with E-state index in [1.807, 2.05) is 0 Å². The number of hydrogen-bond donors (Lipinski definition) is 0. The fourth-order valence-corrected chi connectivity index (χ4v) is 2.79. The standard InChI is InChI=1S/C15H17Cl3N2O4/c1-2-23-15(22)20-5-3-19(4-6-20)14(21)9-24-13-8-11(17)10(16)7-12(13)18/h7-8H,2-6,9H2,1H3. The molecule has 2 amide bonds. The van der Waals surface area contributed by atoms with E-state index < -0.39 is 0 Å². The maximum absolute atomic E-state index is 12.2. The van der Waals surface area contributed by atoms with Gasteiger partial charge in [0.05, 0.1) is 21.7 Å². The number of nitrogens with zero attached hydrogens (tertiary/aromatic N) is 2. The molecule has 132 valence electrons. The van der Waals surface area contributed by atoms with Gasteiger partial charge in [0.25, 0.3) is 5.91 Å². The van der Waals surface area contributed by atoms with Gasteiger partial charge in [-0.1, -0.05) is 34.8 Å². The lowest BCUT2D eigenvalue weighted by atomic mass is 10.3. The van der Waals surface area contributed by atoms with Crippen LogP contribution >= 0.6 is 34.8 Å².